The predicted molar refractivity (Wildman–Crippen MR) is 135 cm³/mol. The zero-order valence-electron chi connectivity index (χ0n) is 20.5. The van der Waals surface area contributed by atoms with Crippen LogP contribution >= 0.6 is 11.6 Å². The van der Waals surface area contributed by atoms with Gasteiger partial charge in [-0.3, -0.25) is 14.9 Å². The molecule has 188 valence electrons. The number of allylic oxidation sites excluding steroid dienone is 3. The van der Waals surface area contributed by atoms with Crippen LogP contribution in [0.5, 0.6) is 5.75 Å². The van der Waals surface area contributed by atoms with Crippen molar-refractivity contribution >= 4 is 29.0 Å². The highest BCUT2D eigenvalue weighted by molar-refractivity contribution is 6.31. The quantitative estimate of drug-likeness (QED) is 0.306. The third kappa shape index (κ3) is 4.99. The zero-order chi connectivity index (χ0) is 26.2. The maximum Gasteiger partial charge on any atom is 0.337 e. The Balaban J connectivity index is 1.77. The van der Waals surface area contributed by atoms with E-state index >= 15 is 0 Å². The van der Waals surface area contributed by atoms with E-state index in [1.165, 1.54) is 18.2 Å². The third-order valence-corrected chi connectivity index (χ3v) is 6.83. The van der Waals surface area contributed by atoms with Gasteiger partial charge in [-0.1, -0.05) is 37.6 Å². The van der Waals surface area contributed by atoms with Crippen LogP contribution in [0.4, 0.5) is 5.69 Å². The van der Waals surface area contributed by atoms with E-state index in [4.69, 9.17) is 21.1 Å². The second-order valence-electron chi connectivity index (χ2n) is 9.82. The van der Waals surface area contributed by atoms with Gasteiger partial charge in [0.15, 0.2) is 5.78 Å². The van der Waals surface area contributed by atoms with E-state index in [1.54, 1.807) is 38.3 Å². The van der Waals surface area contributed by atoms with Gasteiger partial charge >= 0.3 is 5.97 Å². The largest absolute Gasteiger partial charge is 0.497 e. The van der Waals surface area contributed by atoms with Gasteiger partial charge in [0, 0.05) is 46.5 Å². The van der Waals surface area contributed by atoms with Crippen molar-refractivity contribution in [1.82, 2.24) is 5.32 Å². The van der Waals surface area contributed by atoms with Crippen LogP contribution in [0.2, 0.25) is 5.02 Å². The van der Waals surface area contributed by atoms with Crippen LogP contribution in [-0.2, 0) is 20.9 Å². The molecule has 4 rings (SSSR count). The maximum atomic E-state index is 13.5. The van der Waals surface area contributed by atoms with Crippen LogP contribution in [0.1, 0.15) is 50.7 Å². The highest BCUT2D eigenvalue weighted by Crippen LogP contribution is 2.48. The molecule has 2 aromatic rings. The van der Waals surface area contributed by atoms with Gasteiger partial charge in [0.2, 0.25) is 0 Å². The van der Waals surface area contributed by atoms with E-state index in [1.807, 2.05) is 13.8 Å². The first-order chi connectivity index (χ1) is 17.0. The van der Waals surface area contributed by atoms with Gasteiger partial charge in [-0.2, -0.15) is 0 Å². The Hall–Kier alpha value is -3.65. The minimum Gasteiger partial charge on any atom is -0.497 e. The number of benzene rings is 2. The molecule has 0 fully saturated rings. The van der Waals surface area contributed by atoms with Crippen molar-refractivity contribution in [2.24, 2.45) is 5.41 Å². The van der Waals surface area contributed by atoms with Gasteiger partial charge < -0.3 is 14.8 Å². The van der Waals surface area contributed by atoms with Crippen molar-refractivity contribution in [1.29, 1.82) is 0 Å². The number of Topliss-reactive ketones (excluding diaryl/α,β-unsaturated/α-hetero) is 1. The number of nitro groups is 1. The van der Waals surface area contributed by atoms with Crippen LogP contribution in [0.3, 0.4) is 0 Å². The lowest BCUT2D eigenvalue weighted by Gasteiger charge is -2.39. The Bertz CT molecular complexity index is 1310. The average molecular weight is 511 g/mol. The first-order valence-electron chi connectivity index (χ1n) is 11.5. The van der Waals surface area contributed by atoms with Crippen molar-refractivity contribution < 1.29 is 24.0 Å². The van der Waals surface area contributed by atoms with E-state index in [2.05, 4.69) is 5.32 Å². The molecule has 1 atom stereocenters. The number of nitro benzene ring substituents is 1. The smallest absolute Gasteiger partial charge is 0.337 e. The van der Waals surface area contributed by atoms with Crippen molar-refractivity contribution in [2.75, 3.05) is 7.11 Å². The first kappa shape index (κ1) is 25.4. The number of ketones is 1. The molecule has 0 unspecified atom stereocenters. The molecule has 8 nitrogen and oxygen atoms in total. The molecule has 1 aliphatic heterocycles. The SMILES string of the molecule is COc1ccc(COC(=O)C2=C(C)NC3=C(C(=O)CC(C)(C)C3)[C@H]2c2cc([N+](=O)[O-])ccc2Cl)cc1. The van der Waals surface area contributed by atoms with Gasteiger partial charge in [0.25, 0.3) is 5.69 Å². The number of non-ortho nitro benzene ring substituents is 1. The molecule has 1 heterocycles. The van der Waals surface area contributed by atoms with E-state index in [0.29, 0.717) is 34.7 Å². The number of halogens is 1. The van der Waals surface area contributed by atoms with E-state index in [0.717, 1.165) is 5.56 Å². The fraction of sp³-hybridized carbons (Fsp3) is 0.333. The predicted octanol–water partition coefficient (Wildman–Crippen LogP) is 5.60. The number of rotatable bonds is 6. The molecule has 0 saturated carbocycles. The summed E-state index contributed by atoms with van der Waals surface area (Å²) < 4.78 is 10.8. The van der Waals surface area contributed by atoms with Crippen LogP contribution in [0.15, 0.2) is 65.0 Å². The molecule has 2 aliphatic rings. The third-order valence-electron chi connectivity index (χ3n) is 6.49. The normalized spacial score (nSPS) is 18.9. The summed E-state index contributed by atoms with van der Waals surface area (Å²) in [4.78, 5) is 37.9. The van der Waals surface area contributed by atoms with Gasteiger partial charge in [0.1, 0.15) is 12.4 Å². The minimum atomic E-state index is -0.888. The number of dihydropyridines is 1. The molecule has 9 heteroatoms. The molecule has 0 aromatic heterocycles. The summed E-state index contributed by atoms with van der Waals surface area (Å²) in [7, 11) is 1.57. The summed E-state index contributed by atoms with van der Waals surface area (Å²) in [6, 6.07) is 11.2. The Morgan fingerprint density at radius 1 is 1.19 bits per heavy atom. The molecule has 0 saturated heterocycles. The van der Waals surface area contributed by atoms with E-state index in [-0.39, 0.29) is 40.5 Å². The topological polar surface area (TPSA) is 108 Å². The summed E-state index contributed by atoms with van der Waals surface area (Å²) in [5.41, 5.74) is 2.46. The molecule has 0 amide bonds. The molecule has 1 aliphatic carbocycles. The fourth-order valence-corrected chi connectivity index (χ4v) is 5.06. The monoisotopic (exact) mass is 510 g/mol. The van der Waals surface area contributed by atoms with E-state index in [9.17, 15) is 19.7 Å². The Kier molecular flexibility index (Phi) is 6.91. The highest BCUT2D eigenvalue weighted by Gasteiger charge is 2.44. The molecular formula is C27H27ClN2O6. The molecule has 2 aromatic carbocycles. The van der Waals surface area contributed by atoms with Crippen LogP contribution < -0.4 is 10.1 Å². The Morgan fingerprint density at radius 2 is 1.89 bits per heavy atom. The molecule has 36 heavy (non-hydrogen) atoms. The van der Waals surface area contributed by atoms with Crippen molar-refractivity contribution in [3.63, 3.8) is 0 Å². The van der Waals surface area contributed by atoms with Crippen molar-refractivity contribution in [3.8, 4) is 5.75 Å². The van der Waals surface area contributed by atoms with Crippen LogP contribution in [0.25, 0.3) is 0 Å². The Labute approximate surface area is 214 Å². The van der Waals surface area contributed by atoms with Crippen molar-refractivity contribution in [3.05, 3.63) is 91.3 Å². The van der Waals surface area contributed by atoms with Gasteiger partial charge in [-0.25, -0.2) is 4.79 Å². The number of nitrogens with one attached hydrogen (secondary N) is 1. The number of hydrogen-bond donors (Lipinski definition) is 1. The maximum absolute atomic E-state index is 13.5. The van der Waals surface area contributed by atoms with Gasteiger partial charge in [0.05, 0.1) is 17.6 Å². The number of esters is 1. The number of hydrogen-bond acceptors (Lipinski definition) is 7. The van der Waals surface area contributed by atoms with Crippen LogP contribution in [-0.4, -0.2) is 23.8 Å². The summed E-state index contributed by atoms with van der Waals surface area (Å²) in [5, 5.41) is 15.0. The van der Waals surface area contributed by atoms with Gasteiger partial charge in [-0.15, -0.1) is 0 Å². The fourth-order valence-electron chi connectivity index (χ4n) is 4.83. The highest BCUT2D eigenvalue weighted by atomic mass is 35.5. The summed E-state index contributed by atoms with van der Waals surface area (Å²) >= 11 is 6.52. The average Bonchev–Trinajstić information content (AvgIpc) is 2.81. The lowest BCUT2D eigenvalue weighted by Crippen LogP contribution is -2.38. The van der Waals surface area contributed by atoms with Crippen LogP contribution in [0, 0.1) is 15.5 Å². The summed E-state index contributed by atoms with van der Waals surface area (Å²) in [6.45, 7) is 5.74. The number of ether oxygens (including phenoxy) is 2. The summed E-state index contributed by atoms with van der Waals surface area (Å²) in [6.07, 6.45) is 0.867. The number of methoxy groups -OCH3 is 1. The number of nitrogens with zero attached hydrogens (tertiary/aromatic N) is 1. The second-order valence-corrected chi connectivity index (χ2v) is 10.2. The molecule has 0 radical (unpaired) electrons. The number of carbonyl (C=O) groups excluding carboxylic acids is 2. The molecule has 1 N–H and O–H groups in total. The number of carbonyl (C=O) groups is 2. The zero-order valence-corrected chi connectivity index (χ0v) is 21.3. The lowest BCUT2D eigenvalue weighted by molar-refractivity contribution is -0.384. The van der Waals surface area contributed by atoms with Crippen molar-refractivity contribution in [2.45, 2.75) is 46.1 Å². The standard InChI is InChI=1S/C27H27ClN2O6/c1-15-23(26(32)36-14-16-5-8-18(35-4)9-6-16)24(19-11-17(30(33)34)7-10-20(19)28)25-21(29-15)12-27(2,3)13-22(25)31/h5-11,24,29H,12-14H2,1-4H3/t24-/m0/s1. The minimum absolute atomic E-state index is 0.00186. The lowest BCUT2D eigenvalue weighted by atomic mass is 9.68. The molecule has 0 bridgehead atoms. The summed E-state index contributed by atoms with van der Waals surface area (Å²) in [5.74, 6) is -0.971. The first-order valence-corrected chi connectivity index (χ1v) is 11.9. The van der Waals surface area contributed by atoms with Gasteiger partial charge in [-0.05, 0) is 48.1 Å². The Morgan fingerprint density at radius 3 is 2.53 bits per heavy atom. The van der Waals surface area contributed by atoms with E-state index < -0.39 is 16.8 Å². The second kappa shape index (κ2) is 9.78. The molecule has 0 spiro atoms. The molecular weight excluding hydrogens is 484 g/mol.